The highest BCUT2D eigenvalue weighted by Gasteiger charge is 2.48. The summed E-state index contributed by atoms with van der Waals surface area (Å²) in [6.07, 6.45) is -4.22. The summed E-state index contributed by atoms with van der Waals surface area (Å²) < 4.78 is 46.0. The Morgan fingerprint density at radius 1 is 1.27 bits per heavy atom. The molecular formula is C20H23F3N2O5. The molecule has 2 aliphatic rings. The molecule has 2 saturated heterocycles. The fourth-order valence-electron chi connectivity index (χ4n) is 3.78. The minimum Gasteiger partial charge on any atom is -0.406 e. The SMILES string of the molecule is CC(C)CC(NC(=O)c1ccc(OC(F)(F)F)cc1)C(=O)N1CC[C@H]2OCC(=O)[C@H]21. The van der Waals surface area contributed by atoms with E-state index in [1.807, 2.05) is 13.8 Å². The molecule has 0 bridgehead atoms. The van der Waals surface area contributed by atoms with Crippen molar-refractivity contribution in [3.8, 4) is 5.75 Å². The molecular weight excluding hydrogens is 405 g/mol. The van der Waals surface area contributed by atoms with E-state index in [1.54, 1.807) is 0 Å². The number of alkyl halides is 3. The Morgan fingerprint density at radius 3 is 2.53 bits per heavy atom. The number of hydrogen-bond donors (Lipinski definition) is 1. The van der Waals surface area contributed by atoms with Gasteiger partial charge in [-0.1, -0.05) is 13.8 Å². The summed E-state index contributed by atoms with van der Waals surface area (Å²) in [7, 11) is 0. The minimum atomic E-state index is -4.83. The molecule has 10 heteroatoms. The number of fused-ring (bicyclic) bond motifs is 1. The van der Waals surface area contributed by atoms with Crippen LogP contribution in [0.3, 0.4) is 0 Å². The fraction of sp³-hybridized carbons (Fsp3) is 0.550. The number of carbonyl (C=O) groups is 3. The summed E-state index contributed by atoms with van der Waals surface area (Å²) in [6.45, 7) is 4.14. The highest BCUT2D eigenvalue weighted by atomic mass is 19.4. The first-order valence-corrected chi connectivity index (χ1v) is 9.66. The molecule has 0 saturated carbocycles. The van der Waals surface area contributed by atoms with Crippen molar-refractivity contribution in [3.63, 3.8) is 0 Å². The molecule has 0 aromatic heterocycles. The zero-order valence-corrected chi connectivity index (χ0v) is 16.6. The Kier molecular flexibility index (Phi) is 6.35. The van der Waals surface area contributed by atoms with Crippen molar-refractivity contribution in [1.82, 2.24) is 10.2 Å². The number of hydrogen-bond acceptors (Lipinski definition) is 5. The van der Waals surface area contributed by atoms with E-state index in [-0.39, 0.29) is 35.9 Å². The van der Waals surface area contributed by atoms with Crippen molar-refractivity contribution in [1.29, 1.82) is 0 Å². The van der Waals surface area contributed by atoms with Gasteiger partial charge in [-0.15, -0.1) is 13.2 Å². The van der Waals surface area contributed by atoms with Crippen LogP contribution in [-0.4, -0.2) is 60.2 Å². The van der Waals surface area contributed by atoms with Crippen molar-refractivity contribution in [2.45, 2.75) is 51.2 Å². The monoisotopic (exact) mass is 428 g/mol. The highest BCUT2D eigenvalue weighted by Crippen LogP contribution is 2.28. The first-order chi connectivity index (χ1) is 14.0. The van der Waals surface area contributed by atoms with Gasteiger partial charge in [0.1, 0.15) is 24.4 Å². The molecule has 0 radical (unpaired) electrons. The van der Waals surface area contributed by atoms with Gasteiger partial charge in [-0.05, 0) is 43.0 Å². The van der Waals surface area contributed by atoms with Crippen LogP contribution in [0.2, 0.25) is 0 Å². The lowest BCUT2D eigenvalue weighted by Gasteiger charge is -2.28. The minimum absolute atomic E-state index is 0.0212. The predicted octanol–water partition coefficient (Wildman–Crippen LogP) is 2.30. The molecule has 2 fully saturated rings. The molecule has 164 valence electrons. The number of ether oxygens (including phenoxy) is 2. The van der Waals surface area contributed by atoms with Gasteiger partial charge in [0, 0.05) is 12.1 Å². The lowest BCUT2D eigenvalue weighted by molar-refractivity contribution is -0.274. The van der Waals surface area contributed by atoms with Crippen LogP contribution < -0.4 is 10.1 Å². The van der Waals surface area contributed by atoms with Crippen molar-refractivity contribution >= 4 is 17.6 Å². The molecule has 2 aliphatic heterocycles. The second-order valence-electron chi connectivity index (χ2n) is 7.81. The molecule has 3 atom stereocenters. The number of likely N-dealkylation sites (tertiary alicyclic amines) is 1. The normalized spacial score (nSPS) is 22.2. The van der Waals surface area contributed by atoms with Gasteiger partial charge >= 0.3 is 6.36 Å². The van der Waals surface area contributed by atoms with Crippen LogP contribution in [0.5, 0.6) is 5.75 Å². The van der Waals surface area contributed by atoms with Gasteiger partial charge in [-0.25, -0.2) is 0 Å². The number of rotatable bonds is 6. The number of halogens is 3. The van der Waals surface area contributed by atoms with Crippen LogP contribution >= 0.6 is 0 Å². The van der Waals surface area contributed by atoms with Gasteiger partial charge in [-0.3, -0.25) is 14.4 Å². The Balaban J connectivity index is 1.70. The molecule has 1 N–H and O–H groups in total. The summed E-state index contributed by atoms with van der Waals surface area (Å²) >= 11 is 0. The molecule has 2 heterocycles. The van der Waals surface area contributed by atoms with Crippen molar-refractivity contribution in [3.05, 3.63) is 29.8 Å². The molecule has 0 aliphatic carbocycles. The van der Waals surface area contributed by atoms with Gasteiger partial charge in [0.2, 0.25) is 5.91 Å². The van der Waals surface area contributed by atoms with Crippen LogP contribution in [0.1, 0.15) is 37.0 Å². The summed E-state index contributed by atoms with van der Waals surface area (Å²) in [5.74, 6) is -1.48. The van der Waals surface area contributed by atoms with Crippen molar-refractivity contribution in [2.24, 2.45) is 5.92 Å². The van der Waals surface area contributed by atoms with Crippen LogP contribution in [-0.2, 0) is 14.3 Å². The molecule has 1 aromatic carbocycles. The van der Waals surface area contributed by atoms with E-state index in [9.17, 15) is 27.6 Å². The van der Waals surface area contributed by atoms with Crippen LogP contribution in [0.25, 0.3) is 0 Å². The zero-order chi connectivity index (χ0) is 22.1. The Bertz CT molecular complexity index is 810. The molecule has 1 aromatic rings. The lowest BCUT2D eigenvalue weighted by Crippen LogP contribution is -2.52. The highest BCUT2D eigenvalue weighted by molar-refractivity contribution is 5.99. The van der Waals surface area contributed by atoms with Crippen LogP contribution in [0.15, 0.2) is 24.3 Å². The van der Waals surface area contributed by atoms with Gasteiger partial charge in [-0.2, -0.15) is 0 Å². The van der Waals surface area contributed by atoms with E-state index in [0.717, 1.165) is 12.1 Å². The fourth-order valence-corrected chi connectivity index (χ4v) is 3.78. The van der Waals surface area contributed by atoms with Gasteiger partial charge < -0.3 is 19.7 Å². The summed E-state index contributed by atoms with van der Waals surface area (Å²) in [5, 5.41) is 2.66. The van der Waals surface area contributed by atoms with E-state index in [1.165, 1.54) is 17.0 Å². The lowest BCUT2D eigenvalue weighted by atomic mass is 10.0. The number of ketones is 1. The quantitative estimate of drug-likeness (QED) is 0.752. The maximum Gasteiger partial charge on any atom is 0.573 e. The molecule has 1 unspecified atom stereocenters. The third-order valence-corrected chi connectivity index (χ3v) is 5.06. The number of benzene rings is 1. The molecule has 7 nitrogen and oxygen atoms in total. The van der Waals surface area contributed by atoms with E-state index in [4.69, 9.17) is 4.74 Å². The Labute approximate surface area is 171 Å². The standard InChI is InChI=1S/C20H23F3N2O5/c1-11(2)9-14(19(28)25-8-7-16-17(25)15(26)10-29-16)24-18(27)12-3-5-13(6-4-12)30-20(21,22)23/h3-6,11,14,16-17H,7-10H2,1-2H3,(H,24,27)/t14?,16-,17-/m1/s1. The molecule has 30 heavy (non-hydrogen) atoms. The van der Waals surface area contributed by atoms with E-state index < -0.39 is 30.1 Å². The number of amides is 2. The average molecular weight is 428 g/mol. The average Bonchev–Trinajstić information content (AvgIpc) is 3.22. The van der Waals surface area contributed by atoms with Crippen LogP contribution in [0, 0.1) is 5.92 Å². The third kappa shape index (κ3) is 5.10. The topological polar surface area (TPSA) is 84.9 Å². The van der Waals surface area contributed by atoms with E-state index in [2.05, 4.69) is 10.1 Å². The largest absolute Gasteiger partial charge is 0.573 e. The van der Waals surface area contributed by atoms with Crippen molar-refractivity contribution < 1.29 is 37.0 Å². The second-order valence-corrected chi connectivity index (χ2v) is 7.81. The maximum absolute atomic E-state index is 13.1. The third-order valence-electron chi connectivity index (χ3n) is 5.06. The molecule has 2 amide bonds. The van der Waals surface area contributed by atoms with Gasteiger partial charge in [0.05, 0.1) is 6.10 Å². The van der Waals surface area contributed by atoms with Crippen LogP contribution in [0.4, 0.5) is 13.2 Å². The first kappa shape index (κ1) is 22.1. The number of nitrogens with zero attached hydrogens (tertiary/aromatic N) is 1. The molecule has 3 rings (SSSR count). The first-order valence-electron chi connectivity index (χ1n) is 9.66. The predicted molar refractivity (Wildman–Crippen MR) is 98.7 cm³/mol. The maximum atomic E-state index is 13.1. The number of nitrogens with one attached hydrogen (secondary N) is 1. The Hall–Kier alpha value is -2.62. The van der Waals surface area contributed by atoms with Gasteiger partial charge in [0.25, 0.3) is 5.91 Å². The van der Waals surface area contributed by atoms with Gasteiger partial charge in [0.15, 0.2) is 5.78 Å². The van der Waals surface area contributed by atoms with Crippen molar-refractivity contribution in [2.75, 3.05) is 13.2 Å². The summed E-state index contributed by atoms with van der Waals surface area (Å²) in [4.78, 5) is 39.3. The summed E-state index contributed by atoms with van der Waals surface area (Å²) in [5.41, 5.74) is 0.0886. The molecule has 0 spiro atoms. The van der Waals surface area contributed by atoms with E-state index in [0.29, 0.717) is 19.4 Å². The Morgan fingerprint density at radius 2 is 1.93 bits per heavy atom. The number of carbonyl (C=O) groups excluding carboxylic acids is 3. The van der Waals surface area contributed by atoms with E-state index >= 15 is 0 Å². The number of Topliss-reactive ketones (excluding diaryl/α,β-unsaturated/α-hetero) is 1. The smallest absolute Gasteiger partial charge is 0.406 e. The summed E-state index contributed by atoms with van der Waals surface area (Å²) in [6, 6.07) is 2.95. The zero-order valence-electron chi connectivity index (χ0n) is 16.6. The second kappa shape index (κ2) is 8.63.